The molecule has 1 amide bonds. The van der Waals surface area contributed by atoms with Gasteiger partial charge >= 0.3 is 0 Å². The summed E-state index contributed by atoms with van der Waals surface area (Å²) >= 11 is 0. The van der Waals surface area contributed by atoms with E-state index in [4.69, 9.17) is 0 Å². The average Bonchev–Trinajstić information content (AvgIpc) is 3.20. The smallest absolute Gasteiger partial charge is 0.219 e. The van der Waals surface area contributed by atoms with Crippen molar-refractivity contribution in [3.05, 3.63) is 47.4 Å². The number of aryl methyl sites for hydroxylation is 3. The van der Waals surface area contributed by atoms with Crippen molar-refractivity contribution in [2.45, 2.75) is 26.8 Å². The van der Waals surface area contributed by atoms with E-state index in [1.165, 1.54) is 11.3 Å². The Kier molecular flexibility index (Phi) is 4.22. The number of fused-ring (bicyclic) bond motifs is 1. The number of nitrogens with one attached hydrogen (secondary N) is 1. The molecule has 0 atom stereocenters. The van der Waals surface area contributed by atoms with Crippen molar-refractivity contribution in [3.8, 4) is 11.1 Å². The Bertz CT molecular complexity index is 1020. The zero-order chi connectivity index (χ0) is 19.1. The number of carbonyl (C=O) groups is 1. The van der Waals surface area contributed by atoms with Gasteiger partial charge < -0.3 is 10.2 Å². The topological polar surface area (TPSA) is 68.0 Å². The molecule has 1 aliphatic heterocycles. The van der Waals surface area contributed by atoms with Crippen LogP contribution in [0.5, 0.6) is 0 Å². The van der Waals surface area contributed by atoms with Crippen LogP contribution in [0, 0.1) is 6.92 Å². The Labute approximate surface area is 158 Å². The van der Waals surface area contributed by atoms with E-state index in [-0.39, 0.29) is 5.91 Å². The number of hydrogen-bond acceptors (Lipinski definition) is 4. The van der Waals surface area contributed by atoms with Gasteiger partial charge in [-0.05, 0) is 30.2 Å². The third-order valence-electron chi connectivity index (χ3n) is 5.20. The van der Waals surface area contributed by atoms with Gasteiger partial charge in [0, 0.05) is 62.7 Å². The highest BCUT2D eigenvalue weighted by Crippen LogP contribution is 2.31. The standard InChI is InChI=1S/C20H24N6O/c1-13-5-6-16(9-17(13)15-10-21-24(3)11-15)22-20-18-12-26(14(2)27)8-7-19(18)25(4)23-20/h5-6,9-11H,7-8,12H2,1-4H3,(H,22,23). The van der Waals surface area contributed by atoms with E-state index in [1.54, 1.807) is 11.6 Å². The molecule has 0 spiro atoms. The summed E-state index contributed by atoms with van der Waals surface area (Å²) in [5, 5.41) is 12.4. The lowest BCUT2D eigenvalue weighted by molar-refractivity contribution is -0.129. The average molecular weight is 364 g/mol. The quantitative estimate of drug-likeness (QED) is 0.776. The second-order valence-electron chi connectivity index (χ2n) is 7.15. The van der Waals surface area contributed by atoms with Gasteiger partial charge in [-0.2, -0.15) is 10.2 Å². The lowest BCUT2D eigenvalue weighted by Crippen LogP contribution is -2.34. The molecule has 0 bridgehead atoms. The molecule has 0 unspecified atom stereocenters. The van der Waals surface area contributed by atoms with Crippen LogP contribution >= 0.6 is 0 Å². The van der Waals surface area contributed by atoms with Crippen molar-refractivity contribution < 1.29 is 4.79 Å². The largest absolute Gasteiger partial charge is 0.338 e. The molecule has 0 aliphatic carbocycles. The molecule has 7 heteroatoms. The van der Waals surface area contributed by atoms with E-state index in [0.717, 1.165) is 41.2 Å². The van der Waals surface area contributed by atoms with Gasteiger partial charge in [-0.1, -0.05) is 6.07 Å². The first kappa shape index (κ1) is 17.3. The van der Waals surface area contributed by atoms with E-state index >= 15 is 0 Å². The van der Waals surface area contributed by atoms with Crippen LogP contribution in [0.3, 0.4) is 0 Å². The Hall–Kier alpha value is -3.09. The molecule has 1 aliphatic rings. The summed E-state index contributed by atoms with van der Waals surface area (Å²) in [6, 6.07) is 6.28. The summed E-state index contributed by atoms with van der Waals surface area (Å²) in [5.41, 5.74) is 6.68. The second kappa shape index (κ2) is 6.57. The first-order valence-electron chi connectivity index (χ1n) is 9.09. The molecule has 3 aromatic rings. The Morgan fingerprint density at radius 1 is 1.26 bits per heavy atom. The number of amides is 1. The molecule has 0 saturated heterocycles. The van der Waals surface area contributed by atoms with Crippen molar-refractivity contribution in [2.75, 3.05) is 11.9 Å². The molecule has 140 valence electrons. The van der Waals surface area contributed by atoms with Gasteiger partial charge in [0.25, 0.3) is 0 Å². The number of nitrogens with zero attached hydrogens (tertiary/aromatic N) is 5. The summed E-state index contributed by atoms with van der Waals surface area (Å²) in [6.45, 7) is 5.06. The maximum Gasteiger partial charge on any atom is 0.219 e. The third-order valence-corrected chi connectivity index (χ3v) is 5.20. The van der Waals surface area contributed by atoms with E-state index in [0.29, 0.717) is 6.54 Å². The lowest BCUT2D eigenvalue weighted by atomic mass is 10.0. The molecule has 1 N–H and O–H groups in total. The summed E-state index contributed by atoms with van der Waals surface area (Å²) in [5.74, 6) is 0.920. The van der Waals surface area contributed by atoms with Gasteiger partial charge in [-0.15, -0.1) is 0 Å². The van der Waals surface area contributed by atoms with Crippen molar-refractivity contribution in [3.63, 3.8) is 0 Å². The SMILES string of the molecule is CC(=O)N1CCc2c(c(Nc3ccc(C)c(-c4cnn(C)c4)c3)nn2C)C1. The maximum atomic E-state index is 11.8. The van der Waals surface area contributed by atoms with Gasteiger partial charge in [0.1, 0.15) is 0 Å². The molecular weight excluding hydrogens is 340 g/mol. The predicted molar refractivity (Wildman–Crippen MR) is 105 cm³/mol. The normalized spacial score (nSPS) is 13.6. The van der Waals surface area contributed by atoms with Gasteiger partial charge in [0.05, 0.1) is 12.7 Å². The molecule has 27 heavy (non-hydrogen) atoms. The Balaban J connectivity index is 1.67. The number of aromatic nitrogens is 4. The number of benzene rings is 1. The predicted octanol–water partition coefficient (Wildman–Crippen LogP) is 2.78. The number of carbonyl (C=O) groups excluding carboxylic acids is 1. The van der Waals surface area contributed by atoms with Crippen LogP contribution in [0.25, 0.3) is 11.1 Å². The van der Waals surface area contributed by atoms with Crippen LogP contribution in [0.2, 0.25) is 0 Å². The monoisotopic (exact) mass is 364 g/mol. The maximum absolute atomic E-state index is 11.8. The van der Waals surface area contributed by atoms with Gasteiger partial charge in [-0.25, -0.2) is 0 Å². The lowest BCUT2D eigenvalue weighted by Gasteiger charge is -2.26. The van der Waals surface area contributed by atoms with Crippen molar-refractivity contribution in [2.24, 2.45) is 14.1 Å². The van der Waals surface area contributed by atoms with Crippen LogP contribution in [-0.2, 0) is 31.9 Å². The van der Waals surface area contributed by atoms with Gasteiger partial charge in [0.15, 0.2) is 5.82 Å². The zero-order valence-corrected chi connectivity index (χ0v) is 16.2. The third kappa shape index (κ3) is 3.20. The number of hydrogen-bond donors (Lipinski definition) is 1. The minimum atomic E-state index is 0.102. The van der Waals surface area contributed by atoms with Crippen LogP contribution in [0.4, 0.5) is 11.5 Å². The highest BCUT2D eigenvalue weighted by atomic mass is 16.2. The fourth-order valence-corrected chi connectivity index (χ4v) is 3.67. The van der Waals surface area contributed by atoms with Crippen molar-refractivity contribution >= 4 is 17.4 Å². The number of rotatable bonds is 3. The molecule has 7 nitrogen and oxygen atoms in total. The zero-order valence-electron chi connectivity index (χ0n) is 16.2. The molecule has 1 aromatic carbocycles. The first-order chi connectivity index (χ1) is 12.9. The highest BCUT2D eigenvalue weighted by molar-refractivity contribution is 5.75. The summed E-state index contributed by atoms with van der Waals surface area (Å²) in [6.07, 6.45) is 4.72. The molecule has 0 saturated carbocycles. The van der Waals surface area contributed by atoms with Gasteiger partial charge in [-0.3, -0.25) is 14.2 Å². The number of anilines is 2. The van der Waals surface area contributed by atoms with E-state index in [1.807, 2.05) is 36.1 Å². The van der Waals surface area contributed by atoms with E-state index in [2.05, 4.69) is 40.6 Å². The minimum Gasteiger partial charge on any atom is -0.338 e. The fraction of sp³-hybridized carbons (Fsp3) is 0.350. The molecular formula is C20H24N6O. The van der Waals surface area contributed by atoms with E-state index < -0.39 is 0 Å². The molecule has 2 aromatic heterocycles. The molecule has 3 heterocycles. The summed E-state index contributed by atoms with van der Waals surface area (Å²) in [4.78, 5) is 13.7. The van der Waals surface area contributed by atoms with E-state index in [9.17, 15) is 4.79 Å². The molecule has 0 radical (unpaired) electrons. The van der Waals surface area contributed by atoms with Crippen molar-refractivity contribution in [1.82, 2.24) is 24.5 Å². The highest BCUT2D eigenvalue weighted by Gasteiger charge is 2.25. The second-order valence-corrected chi connectivity index (χ2v) is 7.15. The van der Waals surface area contributed by atoms with Crippen LogP contribution in [0.1, 0.15) is 23.7 Å². The fourth-order valence-electron chi connectivity index (χ4n) is 3.67. The van der Waals surface area contributed by atoms with Crippen LogP contribution in [0.15, 0.2) is 30.6 Å². The molecule has 0 fully saturated rings. The van der Waals surface area contributed by atoms with Crippen molar-refractivity contribution in [1.29, 1.82) is 0 Å². The Morgan fingerprint density at radius 2 is 2.07 bits per heavy atom. The molecule has 4 rings (SSSR count). The van der Waals surface area contributed by atoms with Gasteiger partial charge in [0.2, 0.25) is 5.91 Å². The minimum absolute atomic E-state index is 0.102. The summed E-state index contributed by atoms with van der Waals surface area (Å²) in [7, 11) is 3.88. The Morgan fingerprint density at radius 3 is 2.78 bits per heavy atom. The first-order valence-corrected chi connectivity index (χ1v) is 9.09. The van der Waals surface area contributed by atoms with Crippen LogP contribution in [-0.4, -0.2) is 36.9 Å². The van der Waals surface area contributed by atoms with Crippen LogP contribution < -0.4 is 5.32 Å². The summed E-state index contributed by atoms with van der Waals surface area (Å²) < 4.78 is 3.73.